The Bertz CT molecular complexity index is 433. The smallest absolute Gasteiger partial charge is 0.223 e. The molecule has 0 bridgehead atoms. The van der Waals surface area contributed by atoms with Gasteiger partial charge >= 0.3 is 0 Å². The van der Waals surface area contributed by atoms with E-state index in [1.54, 1.807) is 0 Å². The van der Waals surface area contributed by atoms with Gasteiger partial charge in [-0.2, -0.15) is 5.10 Å². The minimum atomic E-state index is 0.248. The standard InChI is InChI=1S/C15H25N3O/c1-11(10-18-13(3)8-12(2)17-18)9-16-15(19)14-6-4-5-7-14/h8,11,14H,4-7,9-10H2,1-3H3,(H,16,19)/t11-/m1/s1. The molecule has 1 aliphatic carbocycles. The molecule has 1 amide bonds. The molecule has 0 aromatic carbocycles. The molecule has 1 N–H and O–H groups in total. The van der Waals surface area contributed by atoms with Gasteiger partial charge in [-0.05, 0) is 38.7 Å². The van der Waals surface area contributed by atoms with E-state index in [2.05, 4.69) is 30.3 Å². The number of aryl methyl sites for hydroxylation is 2. The monoisotopic (exact) mass is 263 g/mol. The van der Waals surface area contributed by atoms with Gasteiger partial charge < -0.3 is 5.32 Å². The summed E-state index contributed by atoms with van der Waals surface area (Å²) < 4.78 is 2.03. The first-order valence-electron chi connectivity index (χ1n) is 7.35. The summed E-state index contributed by atoms with van der Waals surface area (Å²) in [6.45, 7) is 7.85. The lowest BCUT2D eigenvalue weighted by Crippen LogP contribution is -2.34. The number of carbonyl (C=O) groups excluding carboxylic acids is 1. The lowest BCUT2D eigenvalue weighted by Gasteiger charge is -2.16. The summed E-state index contributed by atoms with van der Waals surface area (Å²) in [5.41, 5.74) is 2.24. The molecular weight excluding hydrogens is 238 g/mol. The van der Waals surface area contributed by atoms with E-state index in [9.17, 15) is 4.79 Å². The maximum absolute atomic E-state index is 11.9. The molecule has 0 saturated heterocycles. The molecule has 4 heteroatoms. The molecule has 0 unspecified atom stereocenters. The minimum absolute atomic E-state index is 0.248. The number of hydrogen-bond acceptors (Lipinski definition) is 2. The van der Waals surface area contributed by atoms with Gasteiger partial charge in [0.1, 0.15) is 0 Å². The van der Waals surface area contributed by atoms with Crippen LogP contribution in [-0.2, 0) is 11.3 Å². The number of nitrogens with zero attached hydrogens (tertiary/aromatic N) is 2. The van der Waals surface area contributed by atoms with Crippen molar-refractivity contribution in [3.63, 3.8) is 0 Å². The molecule has 1 aromatic rings. The zero-order valence-corrected chi connectivity index (χ0v) is 12.3. The Balaban J connectivity index is 1.76. The molecule has 1 aliphatic rings. The molecule has 1 saturated carbocycles. The van der Waals surface area contributed by atoms with Crippen LogP contribution < -0.4 is 5.32 Å². The predicted molar refractivity (Wildman–Crippen MR) is 75.8 cm³/mol. The van der Waals surface area contributed by atoms with E-state index in [0.717, 1.165) is 31.6 Å². The van der Waals surface area contributed by atoms with Gasteiger partial charge in [0.25, 0.3) is 0 Å². The Morgan fingerprint density at radius 3 is 2.74 bits per heavy atom. The van der Waals surface area contributed by atoms with Crippen molar-refractivity contribution in [1.82, 2.24) is 15.1 Å². The molecule has 19 heavy (non-hydrogen) atoms. The second-order valence-electron chi connectivity index (χ2n) is 5.94. The lowest BCUT2D eigenvalue weighted by atomic mass is 10.1. The third-order valence-corrected chi connectivity index (χ3v) is 3.94. The first kappa shape index (κ1) is 14.1. The summed E-state index contributed by atoms with van der Waals surface area (Å²) in [4.78, 5) is 11.9. The normalized spacial score (nSPS) is 17.6. The number of hydrogen-bond donors (Lipinski definition) is 1. The van der Waals surface area contributed by atoms with Gasteiger partial charge in [-0.15, -0.1) is 0 Å². The Morgan fingerprint density at radius 1 is 1.47 bits per heavy atom. The Labute approximate surface area is 115 Å². The third kappa shape index (κ3) is 3.82. The number of carbonyl (C=O) groups is 1. The molecule has 4 nitrogen and oxygen atoms in total. The molecule has 2 rings (SSSR count). The fraction of sp³-hybridized carbons (Fsp3) is 0.733. The second kappa shape index (κ2) is 6.22. The van der Waals surface area contributed by atoms with Crippen LogP contribution in [0.25, 0.3) is 0 Å². The van der Waals surface area contributed by atoms with Gasteiger partial charge in [-0.1, -0.05) is 19.8 Å². The predicted octanol–water partition coefficient (Wildman–Crippen LogP) is 2.44. The highest BCUT2D eigenvalue weighted by molar-refractivity contribution is 5.78. The fourth-order valence-corrected chi connectivity index (χ4v) is 2.83. The van der Waals surface area contributed by atoms with E-state index >= 15 is 0 Å². The number of amides is 1. The summed E-state index contributed by atoms with van der Waals surface area (Å²) in [7, 11) is 0. The average molecular weight is 263 g/mol. The van der Waals surface area contributed by atoms with Crippen LogP contribution in [0.15, 0.2) is 6.07 Å². The maximum Gasteiger partial charge on any atom is 0.223 e. The molecule has 1 atom stereocenters. The number of aromatic nitrogens is 2. The van der Waals surface area contributed by atoms with Crippen LogP contribution in [0.5, 0.6) is 0 Å². The molecule has 106 valence electrons. The Kier molecular flexibility index (Phi) is 4.61. The van der Waals surface area contributed by atoms with Crippen LogP contribution in [0.2, 0.25) is 0 Å². The van der Waals surface area contributed by atoms with Crippen LogP contribution in [0.1, 0.15) is 44.0 Å². The van der Waals surface area contributed by atoms with Crippen LogP contribution >= 0.6 is 0 Å². The summed E-state index contributed by atoms with van der Waals surface area (Å²) >= 11 is 0. The van der Waals surface area contributed by atoms with Gasteiger partial charge in [0.05, 0.1) is 5.69 Å². The largest absolute Gasteiger partial charge is 0.356 e. The zero-order chi connectivity index (χ0) is 13.8. The van der Waals surface area contributed by atoms with Crippen LogP contribution in [0.4, 0.5) is 0 Å². The topological polar surface area (TPSA) is 46.9 Å². The van der Waals surface area contributed by atoms with Crippen LogP contribution in [-0.4, -0.2) is 22.2 Å². The van der Waals surface area contributed by atoms with E-state index in [1.165, 1.54) is 18.5 Å². The van der Waals surface area contributed by atoms with E-state index in [4.69, 9.17) is 0 Å². The Hall–Kier alpha value is -1.32. The van der Waals surface area contributed by atoms with Crippen molar-refractivity contribution in [3.8, 4) is 0 Å². The van der Waals surface area contributed by atoms with Gasteiger partial charge in [-0.3, -0.25) is 9.48 Å². The first-order valence-corrected chi connectivity index (χ1v) is 7.35. The highest BCUT2D eigenvalue weighted by Crippen LogP contribution is 2.24. The van der Waals surface area contributed by atoms with Crippen molar-refractivity contribution in [2.75, 3.05) is 6.54 Å². The SMILES string of the molecule is Cc1cc(C)n(C[C@H](C)CNC(=O)C2CCCC2)n1. The van der Waals surface area contributed by atoms with Gasteiger partial charge in [0, 0.05) is 24.7 Å². The van der Waals surface area contributed by atoms with E-state index < -0.39 is 0 Å². The lowest BCUT2D eigenvalue weighted by molar-refractivity contribution is -0.125. The fourth-order valence-electron chi connectivity index (χ4n) is 2.83. The van der Waals surface area contributed by atoms with Crippen molar-refractivity contribution in [3.05, 3.63) is 17.5 Å². The van der Waals surface area contributed by atoms with Crippen molar-refractivity contribution < 1.29 is 4.79 Å². The molecule has 0 spiro atoms. The molecule has 1 fully saturated rings. The van der Waals surface area contributed by atoms with Crippen molar-refractivity contribution in [2.24, 2.45) is 11.8 Å². The van der Waals surface area contributed by atoms with E-state index in [0.29, 0.717) is 5.92 Å². The van der Waals surface area contributed by atoms with Gasteiger partial charge in [0.2, 0.25) is 5.91 Å². The van der Waals surface area contributed by atoms with Gasteiger partial charge in [0.15, 0.2) is 0 Å². The highest BCUT2D eigenvalue weighted by atomic mass is 16.1. The summed E-state index contributed by atoms with van der Waals surface area (Å²) in [5, 5.41) is 7.55. The van der Waals surface area contributed by atoms with Crippen LogP contribution in [0, 0.1) is 25.7 Å². The summed E-state index contributed by atoms with van der Waals surface area (Å²) in [6, 6.07) is 2.09. The van der Waals surface area contributed by atoms with E-state index in [-0.39, 0.29) is 11.8 Å². The maximum atomic E-state index is 11.9. The van der Waals surface area contributed by atoms with Crippen molar-refractivity contribution >= 4 is 5.91 Å². The summed E-state index contributed by atoms with van der Waals surface area (Å²) in [6.07, 6.45) is 4.55. The third-order valence-electron chi connectivity index (χ3n) is 3.94. The highest BCUT2D eigenvalue weighted by Gasteiger charge is 2.22. The molecule has 1 aromatic heterocycles. The van der Waals surface area contributed by atoms with Crippen molar-refractivity contribution in [1.29, 1.82) is 0 Å². The Morgan fingerprint density at radius 2 is 2.16 bits per heavy atom. The van der Waals surface area contributed by atoms with Crippen molar-refractivity contribution in [2.45, 2.75) is 53.0 Å². The number of rotatable bonds is 5. The van der Waals surface area contributed by atoms with Crippen LogP contribution in [0.3, 0.4) is 0 Å². The van der Waals surface area contributed by atoms with Gasteiger partial charge in [-0.25, -0.2) is 0 Å². The van der Waals surface area contributed by atoms with E-state index in [1.807, 2.05) is 11.6 Å². The quantitative estimate of drug-likeness (QED) is 0.887. The second-order valence-corrected chi connectivity index (χ2v) is 5.94. The summed E-state index contributed by atoms with van der Waals surface area (Å²) in [5.74, 6) is 0.918. The molecule has 0 radical (unpaired) electrons. The number of nitrogens with one attached hydrogen (secondary N) is 1. The minimum Gasteiger partial charge on any atom is -0.356 e. The molecule has 1 heterocycles. The first-order chi connectivity index (χ1) is 9.06. The zero-order valence-electron chi connectivity index (χ0n) is 12.3. The molecular formula is C15H25N3O. The average Bonchev–Trinajstić information content (AvgIpc) is 2.97. The molecule has 0 aliphatic heterocycles.